The van der Waals surface area contributed by atoms with Gasteiger partial charge in [0.25, 0.3) is 35.4 Å². The molecule has 0 saturated carbocycles. The average Bonchev–Trinajstić information content (AvgIpc) is 1.79. The second kappa shape index (κ2) is 36.8. The molecule has 25 nitrogen and oxygen atoms in total. The molecule has 0 radical (unpaired) electrons. The Morgan fingerprint density at radius 1 is 0.344 bits per heavy atom. The minimum Gasteiger partial charge on any atom is -0.461 e. The summed E-state index contributed by atoms with van der Waals surface area (Å²) < 4.78 is 23.6. The lowest BCUT2D eigenvalue weighted by Crippen LogP contribution is -2.58. The number of fused-ring (bicyclic) bond motifs is 3. The van der Waals surface area contributed by atoms with Gasteiger partial charge in [0.15, 0.2) is 0 Å². The first-order chi connectivity index (χ1) is 43.7. The highest BCUT2D eigenvalue weighted by Gasteiger charge is 2.39. The number of carbonyl (C=O) groups excluding carboxylic acids is 11. The zero-order valence-electron chi connectivity index (χ0n) is 50.5. The number of hydroxylamine groups is 6. The topological polar surface area (TPSA) is 310 Å². The first-order valence-corrected chi connectivity index (χ1v) is 30.6. The van der Waals surface area contributed by atoms with Crippen LogP contribution >= 0.6 is 0 Å². The van der Waals surface area contributed by atoms with Gasteiger partial charge in [-0.2, -0.15) is 0 Å². The molecule has 90 heavy (non-hydrogen) atoms. The van der Waals surface area contributed by atoms with E-state index in [-0.39, 0.29) is 194 Å². The van der Waals surface area contributed by atoms with E-state index in [4.69, 9.17) is 33.5 Å². The number of carbonyl (C=O) groups is 11. The van der Waals surface area contributed by atoms with Crippen LogP contribution in [0.2, 0.25) is 0 Å². The molecule has 4 N–H and O–H groups in total. The minimum atomic E-state index is -1.39. The number of hydrogen-bond acceptors (Lipinski definition) is 18. The molecule has 10 amide bonds. The Bertz CT molecular complexity index is 2770. The molecule has 0 unspecified atom stereocenters. The third-order valence-corrected chi connectivity index (χ3v) is 14.6. The molecule has 3 heterocycles. The van der Waals surface area contributed by atoms with Gasteiger partial charge in [-0.05, 0) is 74.1 Å². The lowest BCUT2D eigenvalue weighted by molar-refractivity contribution is -0.145. The summed E-state index contributed by atoms with van der Waals surface area (Å²) in [5, 5.41) is 13.4. The maximum atomic E-state index is 13.9. The standard InChI is InChI=1S/C65H79N7O18/c73-54(66-34-18-37-88-70-59(78)48-23-12-13-24-49(48)60(70)79)31-40-84-44-65(45-85-41-32-55(74)67-35-19-38-89-71-61(80)50-25-14-15-26-51(50)62(71)81,46-86-42-33-56(75)68-36-20-39-90-72-63(82)52-27-16-17-28-53(52)64(72)83)69-57(76)29-10-5-3-1-2-4-6-11-30-58(77)87-43-47-21-8-7-9-22-47/h7-9,12-17,21-28H,1-6,10-11,18-20,29-46H2,(H,66,73)(H,67,74)(H,68,75)(H,69,76). The van der Waals surface area contributed by atoms with Crippen LogP contribution in [0.4, 0.5) is 0 Å². The number of esters is 1. The number of nitrogens with one attached hydrogen (secondary N) is 4. The molecule has 0 saturated heterocycles. The van der Waals surface area contributed by atoms with Crippen LogP contribution in [0.1, 0.15) is 170 Å². The Morgan fingerprint density at radius 3 is 1.00 bits per heavy atom. The first kappa shape index (κ1) is 68.9. The zero-order chi connectivity index (χ0) is 63.9. The predicted octanol–water partition coefficient (Wildman–Crippen LogP) is 5.91. The van der Waals surface area contributed by atoms with Crippen molar-refractivity contribution in [3.8, 4) is 0 Å². The number of nitrogens with zero attached hydrogens (tertiary/aromatic N) is 3. The van der Waals surface area contributed by atoms with Gasteiger partial charge >= 0.3 is 5.97 Å². The number of rotatable bonds is 44. The summed E-state index contributed by atoms with van der Waals surface area (Å²) in [7, 11) is 0. The summed E-state index contributed by atoms with van der Waals surface area (Å²) in [4.78, 5) is 157. The molecule has 0 aromatic heterocycles. The monoisotopic (exact) mass is 1250 g/mol. The lowest BCUT2D eigenvalue weighted by Gasteiger charge is -2.34. The number of imide groups is 3. The molecule has 0 fully saturated rings. The minimum absolute atomic E-state index is 0.0306. The summed E-state index contributed by atoms with van der Waals surface area (Å²) in [5.74, 6) is -5.09. The average molecular weight is 1250 g/mol. The Morgan fingerprint density at radius 2 is 0.656 bits per heavy atom. The van der Waals surface area contributed by atoms with Crippen LogP contribution in [-0.4, -0.2) is 165 Å². The second-order valence-corrected chi connectivity index (χ2v) is 21.7. The van der Waals surface area contributed by atoms with Crippen molar-refractivity contribution < 1.29 is 86.2 Å². The second-order valence-electron chi connectivity index (χ2n) is 21.7. The Kier molecular flexibility index (Phi) is 28.2. The van der Waals surface area contributed by atoms with E-state index in [1.54, 1.807) is 72.8 Å². The van der Waals surface area contributed by atoms with E-state index < -0.39 is 41.0 Å². The van der Waals surface area contributed by atoms with Crippen LogP contribution in [0.25, 0.3) is 0 Å². The van der Waals surface area contributed by atoms with Gasteiger partial charge in [-0.15, -0.1) is 15.2 Å². The van der Waals surface area contributed by atoms with E-state index in [0.29, 0.717) is 28.0 Å². The van der Waals surface area contributed by atoms with Crippen LogP contribution in [0.15, 0.2) is 103 Å². The van der Waals surface area contributed by atoms with E-state index in [0.717, 1.165) is 50.5 Å². The summed E-state index contributed by atoms with van der Waals surface area (Å²) in [5.41, 5.74) is 1.02. The normalized spacial score (nSPS) is 13.4. The molecule has 0 bridgehead atoms. The number of benzene rings is 4. The number of amides is 10. The molecule has 3 aliphatic heterocycles. The molecule has 4 aromatic carbocycles. The van der Waals surface area contributed by atoms with E-state index in [9.17, 15) is 52.7 Å². The third kappa shape index (κ3) is 21.3. The van der Waals surface area contributed by atoms with Crippen molar-refractivity contribution in [2.75, 3.05) is 79.1 Å². The first-order valence-electron chi connectivity index (χ1n) is 30.6. The Hall–Kier alpha value is -8.59. The van der Waals surface area contributed by atoms with Crippen molar-refractivity contribution in [3.05, 3.63) is 142 Å². The van der Waals surface area contributed by atoms with Crippen LogP contribution in [0.5, 0.6) is 0 Å². The molecule has 4 aromatic rings. The number of ether oxygens (including phenoxy) is 4. The zero-order valence-corrected chi connectivity index (χ0v) is 50.5. The van der Waals surface area contributed by atoms with Gasteiger partial charge < -0.3 is 40.2 Å². The van der Waals surface area contributed by atoms with Gasteiger partial charge in [-0.3, -0.25) is 67.3 Å². The van der Waals surface area contributed by atoms with E-state index >= 15 is 0 Å². The van der Waals surface area contributed by atoms with Crippen LogP contribution in [0, 0.1) is 0 Å². The van der Waals surface area contributed by atoms with E-state index in [1.807, 2.05) is 30.3 Å². The van der Waals surface area contributed by atoms with Gasteiger partial charge in [0.05, 0.1) is 92.8 Å². The van der Waals surface area contributed by atoms with Gasteiger partial charge in [0.1, 0.15) is 12.1 Å². The third-order valence-electron chi connectivity index (χ3n) is 14.6. The number of unbranched alkanes of at least 4 members (excludes halogenated alkanes) is 7. The van der Waals surface area contributed by atoms with E-state index in [2.05, 4.69) is 21.3 Å². The van der Waals surface area contributed by atoms with Crippen molar-refractivity contribution in [2.45, 2.75) is 115 Å². The smallest absolute Gasteiger partial charge is 0.306 e. The highest BCUT2D eigenvalue weighted by molar-refractivity contribution is 6.22. The van der Waals surface area contributed by atoms with Crippen LogP contribution in [0.3, 0.4) is 0 Å². The van der Waals surface area contributed by atoms with Gasteiger partial charge in [-0.25, -0.2) is 0 Å². The highest BCUT2D eigenvalue weighted by Crippen LogP contribution is 2.25. The fraction of sp³-hybridized carbons (Fsp3) is 0.462. The predicted molar refractivity (Wildman–Crippen MR) is 321 cm³/mol. The molecular formula is C65H79N7O18. The quantitative estimate of drug-likeness (QED) is 0.0227. The molecule has 482 valence electrons. The largest absolute Gasteiger partial charge is 0.461 e. The maximum Gasteiger partial charge on any atom is 0.306 e. The highest BCUT2D eigenvalue weighted by atomic mass is 16.7. The fourth-order valence-electron chi connectivity index (χ4n) is 9.80. The van der Waals surface area contributed by atoms with E-state index in [1.165, 1.54) is 0 Å². The summed E-state index contributed by atoms with van der Waals surface area (Å²) in [6.45, 7) is -0.334. The molecule has 0 spiro atoms. The van der Waals surface area contributed by atoms with Crippen molar-refractivity contribution in [1.82, 2.24) is 36.5 Å². The van der Waals surface area contributed by atoms with Crippen molar-refractivity contribution >= 4 is 65.0 Å². The van der Waals surface area contributed by atoms with Gasteiger partial charge in [-0.1, -0.05) is 105 Å². The molecule has 0 atom stereocenters. The summed E-state index contributed by atoms with van der Waals surface area (Å²) >= 11 is 0. The fourth-order valence-corrected chi connectivity index (χ4v) is 9.80. The molecule has 3 aliphatic rings. The maximum absolute atomic E-state index is 13.9. The van der Waals surface area contributed by atoms with Crippen LogP contribution < -0.4 is 21.3 Å². The molecule has 7 rings (SSSR count). The molecular weight excluding hydrogens is 1170 g/mol. The van der Waals surface area contributed by atoms with Crippen molar-refractivity contribution in [1.29, 1.82) is 0 Å². The summed E-state index contributed by atoms with van der Waals surface area (Å²) in [6, 6.07) is 28.7. The van der Waals surface area contributed by atoms with Crippen LogP contribution in [-0.2, 0) is 64.0 Å². The SMILES string of the molecule is O=C(CCOCC(COCCC(=O)NCCCON1C(=O)c2ccccc2C1=O)(COCCC(=O)NCCCON1C(=O)c2ccccc2C1=O)NC(=O)CCCCCCCCCCC(=O)OCc1ccccc1)NCCCON1C(=O)c2ccccc2C1=O. The van der Waals surface area contributed by atoms with Crippen molar-refractivity contribution in [3.63, 3.8) is 0 Å². The van der Waals surface area contributed by atoms with Gasteiger partial charge in [0.2, 0.25) is 23.6 Å². The Balaban J connectivity index is 0.872. The Labute approximate surface area is 521 Å². The number of hydrogen-bond donors (Lipinski definition) is 4. The van der Waals surface area contributed by atoms with Gasteiger partial charge in [0, 0.05) is 51.7 Å². The van der Waals surface area contributed by atoms with Crippen molar-refractivity contribution in [2.24, 2.45) is 0 Å². The lowest BCUT2D eigenvalue weighted by atomic mass is 10.0. The summed E-state index contributed by atoms with van der Waals surface area (Å²) in [6.07, 6.45) is 7.77. The molecule has 25 heteroatoms. The molecule has 0 aliphatic carbocycles.